The molecule has 0 aromatic carbocycles. The van der Waals surface area contributed by atoms with E-state index in [-0.39, 0.29) is 11.9 Å². The number of hydrogen-bond donors (Lipinski definition) is 1. The molecular weight excluding hydrogens is 238 g/mol. The maximum Gasteiger partial charge on any atom is 0.239 e. The molecule has 0 saturated carbocycles. The zero-order chi connectivity index (χ0) is 13.5. The second-order valence-electron chi connectivity index (χ2n) is 5.08. The van der Waals surface area contributed by atoms with Crippen LogP contribution in [0.1, 0.15) is 31.7 Å². The lowest BCUT2D eigenvalue weighted by Crippen LogP contribution is -2.51. The van der Waals surface area contributed by atoms with E-state index in [0.29, 0.717) is 0 Å². The minimum atomic E-state index is 0.0335. The van der Waals surface area contributed by atoms with Crippen molar-refractivity contribution < 1.29 is 4.79 Å². The molecule has 1 aliphatic rings. The number of rotatable bonds is 6. The van der Waals surface area contributed by atoms with E-state index in [0.717, 1.165) is 45.3 Å². The van der Waals surface area contributed by atoms with Gasteiger partial charge >= 0.3 is 0 Å². The molecule has 1 aromatic heterocycles. The quantitative estimate of drug-likeness (QED) is 0.846. The van der Waals surface area contributed by atoms with Crippen LogP contribution in [-0.2, 0) is 11.2 Å². The van der Waals surface area contributed by atoms with Gasteiger partial charge in [-0.15, -0.1) is 0 Å². The van der Waals surface area contributed by atoms with E-state index in [1.54, 1.807) is 12.4 Å². The summed E-state index contributed by atoms with van der Waals surface area (Å²) in [6, 6.07) is 4.06. The number of aromatic nitrogens is 1. The molecule has 4 nitrogen and oxygen atoms in total. The van der Waals surface area contributed by atoms with E-state index in [2.05, 4.69) is 17.2 Å². The first-order chi connectivity index (χ1) is 9.31. The zero-order valence-electron chi connectivity index (χ0n) is 11.6. The summed E-state index contributed by atoms with van der Waals surface area (Å²) in [6.07, 6.45) is 7.67. The maximum absolute atomic E-state index is 12.3. The van der Waals surface area contributed by atoms with Gasteiger partial charge in [0, 0.05) is 25.5 Å². The van der Waals surface area contributed by atoms with Gasteiger partial charge in [0.25, 0.3) is 0 Å². The van der Waals surface area contributed by atoms with Crippen LogP contribution in [0.3, 0.4) is 0 Å². The van der Waals surface area contributed by atoms with Gasteiger partial charge in [0.1, 0.15) is 0 Å². The highest BCUT2D eigenvalue weighted by atomic mass is 16.2. The fourth-order valence-electron chi connectivity index (χ4n) is 2.48. The van der Waals surface area contributed by atoms with E-state index in [1.165, 1.54) is 5.56 Å². The van der Waals surface area contributed by atoms with Crippen LogP contribution in [0.2, 0.25) is 0 Å². The van der Waals surface area contributed by atoms with E-state index >= 15 is 0 Å². The number of likely N-dealkylation sites (tertiary alicyclic amines) is 1. The van der Waals surface area contributed by atoms with Crippen LogP contribution >= 0.6 is 0 Å². The molecule has 0 aliphatic carbocycles. The van der Waals surface area contributed by atoms with Gasteiger partial charge in [0.2, 0.25) is 5.91 Å². The molecule has 1 aromatic rings. The van der Waals surface area contributed by atoms with Crippen molar-refractivity contribution in [3.05, 3.63) is 30.1 Å². The van der Waals surface area contributed by atoms with Gasteiger partial charge < -0.3 is 10.2 Å². The molecule has 1 amide bonds. The van der Waals surface area contributed by atoms with Gasteiger partial charge in [-0.3, -0.25) is 9.78 Å². The average molecular weight is 261 g/mol. The highest BCUT2D eigenvalue weighted by Crippen LogP contribution is 2.12. The highest BCUT2D eigenvalue weighted by Gasteiger charge is 2.27. The van der Waals surface area contributed by atoms with Crippen LogP contribution < -0.4 is 5.32 Å². The van der Waals surface area contributed by atoms with Crippen LogP contribution in [0, 0.1) is 0 Å². The van der Waals surface area contributed by atoms with Crippen molar-refractivity contribution in [2.75, 3.05) is 19.6 Å². The summed E-state index contributed by atoms with van der Waals surface area (Å²) in [4.78, 5) is 18.3. The van der Waals surface area contributed by atoms with Crippen molar-refractivity contribution in [1.29, 1.82) is 0 Å². The molecule has 2 heterocycles. The predicted molar refractivity (Wildman–Crippen MR) is 75.8 cm³/mol. The Hall–Kier alpha value is -1.42. The summed E-state index contributed by atoms with van der Waals surface area (Å²) < 4.78 is 0. The Kier molecular flexibility index (Phi) is 5.33. The molecule has 104 valence electrons. The van der Waals surface area contributed by atoms with Crippen molar-refractivity contribution in [1.82, 2.24) is 15.2 Å². The van der Waals surface area contributed by atoms with Crippen LogP contribution in [0.25, 0.3) is 0 Å². The minimum Gasteiger partial charge on any atom is -0.341 e. The minimum absolute atomic E-state index is 0.0335. The summed E-state index contributed by atoms with van der Waals surface area (Å²) >= 11 is 0. The lowest BCUT2D eigenvalue weighted by Gasteiger charge is -2.32. The topological polar surface area (TPSA) is 45.2 Å². The summed E-state index contributed by atoms with van der Waals surface area (Å²) in [5, 5.41) is 3.35. The van der Waals surface area contributed by atoms with Gasteiger partial charge in [-0.05, 0) is 49.9 Å². The summed E-state index contributed by atoms with van der Waals surface area (Å²) in [5.41, 5.74) is 1.24. The molecule has 1 aliphatic heterocycles. The van der Waals surface area contributed by atoms with Crippen molar-refractivity contribution in [2.24, 2.45) is 0 Å². The second kappa shape index (κ2) is 7.24. The first-order valence-corrected chi connectivity index (χ1v) is 7.22. The summed E-state index contributed by atoms with van der Waals surface area (Å²) in [6.45, 7) is 4.76. The molecular formula is C15H23N3O. The third-order valence-electron chi connectivity index (χ3n) is 3.59. The number of carbonyl (C=O) groups is 1. The van der Waals surface area contributed by atoms with Crippen LogP contribution in [0.4, 0.5) is 0 Å². The van der Waals surface area contributed by atoms with Crippen LogP contribution in [0.15, 0.2) is 24.5 Å². The van der Waals surface area contributed by atoms with Crippen molar-refractivity contribution in [3.63, 3.8) is 0 Å². The maximum atomic E-state index is 12.3. The van der Waals surface area contributed by atoms with E-state index in [4.69, 9.17) is 0 Å². The Balaban J connectivity index is 1.84. The van der Waals surface area contributed by atoms with Gasteiger partial charge in [0.05, 0.1) is 6.04 Å². The smallest absolute Gasteiger partial charge is 0.239 e. The third kappa shape index (κ3) is 4.03. The Labute approximate surface area is 115 Å². The SMILES string of the molecule is CCCNC1CCCN(CCc2ccncc2)C1=O. The van der Waals surface area contributed by atoms with Gasteiger partial charge in [-0.1, -0.05) is 6.92 Å². The number of nitrogens with zero attached hydrogens (tertiary/aromatic N) is 2. The Bertz CT molecular complexity index is 394. The van der Waals surface area contributed by atoms with E-state index in [1.807, 2.05) is 17.0 Å². The first-order valence-electron chi connectivity index (χ1n) is 7.22. The standard InChI is InChI=1S/C15H23N3O/c1-2-8-17-14-4-3-11-18(15(14)19)12-7-13-5-9-16-10-6-13/h5-6,9-10,14,17H,2-4,7-8,11-12H2,1H3. The molecule has 1 saturated heterocycles. The second-order valence-corrected chi connectivity index (χ2v) is 5.08. The van der Waals surface area contributed by atoms with Gasteiger partial charge in [-0.2, -0.15) is 0 Å². The van der Waals surface area contributed by atoms with Gasteiger partial charge in [0.15, 0.2) is 0 Å². The van der Waals surface area contributed by atoms with Crippen molar-refractivity contribution >= 4 is 5.91 Å². The lowest BCUT2D eigenvalue weighted by molar-refractivity contribution is -0.135. The summed E-state index contributed by atoms with van der Waals surface area (Å²) in [5.74, 6) is 0.272. The average Bonchev–Trinajstić information content (AvgIpc) is 2.46. The molecule has 19 heavy (non-hydrogen) atoms. The molecule has 0 radical (unpaired) electrons. The van der Waals surface area contributed by atoms with Crippen LogP contribution in [-0.4, -0.2) is 41.5 Å². The Morgan fingerprint density at radius 1 is 1.42 bits per heavy atom. The zero-order valence-corrected chi connectivity index (χ0v) is 11.6. The monoisotopic (exact) mass is 261 g/mol. The number of piperidine rings is 1. The predicted octanol–water partition coefficient (Wildman–Crippen LogP) is 1.61. The molecule has 2 rings (SSSR count). The fraction of sp³-hybridized carbons (Fsp3) is 0.600. The summed E-state index contributed by atoms with van der Waals surface area (Å²) in [7, 11) is 0. The molecule has 1 unspecified atom stereocenters. The lowest BCUT2D eigenvalue weighted by atomic mass is 10.0. The van der Waals surface area contributed by atoms with Crippen LogP contribution in [0.5, 0.6) is 0 Å². The Morgan fingerprint density at radius 2 is 2.21 bits per heavy atom. The number of nitrogens with one attached hydrogen (secondary N) is 1. The van der Waals surface area contributed by atoms with Crippen molar-refractivity contribution in [2.45, 2.75) is 38.6 Å². The molecule has 1 fully saturated rings. The largest absolute Gasteiger partial charge is 0.341 e. The van der Waals surface area contributed by atoms with E-state index in [9.17, 15) is 4.79 Å². The van der Waals surface area contributed by atoms with Crippen molar-refractivity contribution in [3.8, 4) is 0 Å². The Morgan fingerprint density at radius 3 is 2.95 bits per heavy atom. The first kappa shape index (κ1) is 14.0. The fourth-order valence-corrected chi connectivity index (χ4v) is 2.48. The number of carbonyl (C=O) groups excluding carboxylic acids is 1. The highest BCUT2D eigenvalue weighted by molar-refractivity contribution is 5.82. The molecule has 1 atom stereocenters. The normalized spacial score (nSPS) is 19.7. The molecule has 0 spiro atoms. The number of hydrogen-bond acceptors (Lipinski definition) is 3. The number of pyridine rings is 1. The third-order valence-corrected chi connectivity index (χ3v) is 3.59. The molecule has 0 bridgehead atoms. The molecule has 4 heteroatoms. The number of amides is 1. The van der Waals surface area contributed by atoms with Gasteiger partial charge in [-0.25, -0.2) is 0 Å². The molecule has 1 N–H and O–H groups in total. The van der Waals surface area contributed by atoms with E-state index < -0.39 is 0 Å².